The molecular formula is C8H4BN. The molecular weight excluding hydrogens is 121 g/mol. The minimum absolute atomic E-state index is 1.71. The van der Waals surface area contributed by atoms with E-state index in [1.165, 1.54) is 0 Å². The molecule has 0 aliphatic carbocycles. The highest BCUT2D eigenvalue weighted by Gasteiger charge is 1.52. The molecule has 0 rings (SSSR count). The third-order valence-electron chi connectivity index (χ3n) is 0.510. The molecule has 0 saturated heterocycles. The van der Waals surface area contributed by atoms with Crippen molar-refractivity contribution in [1.29, 1.82) is 0 Å². The van der Waals surface area contributed by atoms with Gasteiger partial charge in [-0.2, -0.15) is 5.82 Å². The first-order valence-electron chi connectivity index (χ1n) is 2.54. The van der Waals surface area contributed by atoms with Gasteiger partial charge in [0.15, 0.2) is 7.85 Å². The predicted octanol–water partition coefficient (Wildman–Crippen LogP) is -1.49. The van der Waals surface area contributed by atoms with Crippen molar-refractivity contribution in [3.8, 4) is 47.4 Å². The summed E-state index contributed by atoms with van der Waals surface area (Å²) >= 11 is 0. The number of hydrogen-bond donors (Lipinski definition) is 1. The highest BCUT2D eigenvalue weighted by atomic mass is 14.4. The topological polar surface area (TPSA) is 26.0 Å². The summed E-state index contributed by atoms with van der Waals surface area (Å²) in [5.74, 6) is 17.3. The van der Waals surface area contributed by atoms with E-state index in [2.05, 4.69) is 47.4 Å². The van der Waals surface area contributed by atoms with Crippen molar-refractivity contribution < 1.29 is 0 Å². The van der Waals surface area contributed by atoms with Crippen molar-refractivity contribution in [2.45, 2.75) is 0 Å². The van der Waals surface area contributed by atoms with Gasteiger partial charge in [0.2, 0.25) is 0 Å². The lowest BCUT2D eigenvalue weighted by Crippen LogP contribution is -1.73. The molecule has 0 atom stereocenters. The van der Waals surface area contributed by atoms with E-state index in [0.29, 0.717) is 0 Å². The normalized spacial score (nSPS) is 3.60. The van der Waals surface area contributed by atoms with Crippen molar-refractivity contribution in [3.63, 3.8) is 0 Å². The summed E-state index contributed by atoms with van der Waals surface area (Å²) in [5.41, 5.74) is 4.83. The lowest BCUT2D eigenvalue weighted by molar-refractivity contribution is 1.75. The quantitative estimate of drug-likeness (QED) is 0.238. The molecule has 1 nitrogen and oxygen atoms in total. The van der Waals surface area contributed by atoms with E-state index in [1.54, 1.807) is 7.85 Å². The van der Waals surface area contributed by atoms with E-state index in [0.717, 1.165) is 0 Å². The van der Waals surface area contributed by atoms with Gasteiger partial charge in [0.25, 0.3) is 0 Å². The Hall–Kier alpha value is -1.90. The van der Waals surface area contributed by atoms with Crippen LogP contribution in [0.15, 0.2) is 0 Å². The molecule has 44 valence electrons. The number of hydrogen-bond acceptors (Lipinski definition) is 1. The Morgan fingerprint density at radius 3 is 1.80 bits per heavy atom. The minimum atomic E-state index is 1.71. The van der Waals surface area contributed by atoms with E-state index in [4.69, 9.17) is 5.73 Å². The van der Waals surface area contributed by atoms with Gasteiger partial charge in [-0.15, -0.1) is 0 Å². The lowest BCUT2D eigenvalue weighted by atomic mass is 10.2. The SMILES string of the molecule is BC#CC#CC#CC#CN. The molecule has 10 heavy (non-hydrogen) atoms. The van der Waals surface area contributed by atoms with Gasteiger partial charge < -0.3 is 5.73 Å². The van der Waals surface area contributed by atoms with Crippen LogP contribution in [0, 0.1) is 47.4 Å². The maximum atomic E-state index is 4.83. The fraction of sp³-hybridized carbons (Fsp3) is 0. The first-order chi connectivity index (χ1) is 4.91. The average molecular weight is 125 g/mol. The van der Waals surface area contributed by atoms with Gasteiger partial charge in [-0.3, -0.25) is 0 Å². The Bertz CT molecular complexity index is 288. The summed E-state index contributed by atoms with van der Waals surface area (Å²) in [5, 5.41) is 0. The second-order valence-corrected chi connectivity index (χ2v) is 1.14. The molecule has 0 unspecified atom stereocenters. The minimum Gasteiger partial charge on any atom is -0.359 e. The van der Waals surface area contributed by atoms with E-state index in [9.17, 15) is 0 Å². The molecule has 0 aliphatic heterocycles. The van der Waals surface area contributed by atoms with Crippen molar-refractivity contribution in [2.75, 3.05) is 0 Å². The van der Waals surface area contributed by atoms with Gasteiger partial charge in [-0.05, 0) is 17.8 Å². The van der Waals surface area contributed by atoms with Crippen LogP contribution in [0.25, 0.3) is 0 Å². The Kier molecular flexibility index (Phi) is 5.76. The summed E-state index contributed by atoms with van der Waals surface area (Å²) in [6.07, 6.45) is 0. The Morgan fingerprint density at radius 1 is 0.800 bits per heavy atom. The third kappa shape index (κ3) is 6.10. The molecule has 0 fully saturated rings. The Balaban J connectivity index is 3.94. The molecule has 0 spiro atoms. The van der Waals surface area contributed by atoms with Gasteiger partial charge in [0.05, 0.1) is 0 Å². The van der Waals surface area contributed by atoms with Gasteiger partial charge in [0, 0.05) is 23.8 Å². The number of nitrogens with two attached hydrogens (primary N) is 1. The fourth-order valence-electron chi connectivity index (χ4n) is 0.224. The average Bonchev–Trinajstić information content (AvgIpc) is 1.97. The van der Waals surface area contributed by atoms with E-state index in [1.807, 2.05) is 0 Å². The van der Waals surface area contributed by atoms with E-state index in [-0.39, 0.29) is 0 Å². The van der Waals surface area contributed by atoms with Crippen molar-refractivity contribution >= 4 is 7.85 Å². The van der Waals surface area contributed by atoms with Crippen LogP contribution in [0.1, 0.15) is 0 Å². The van der Waals surface area contributed by atoms with Crippen LogP contribution in [0.3, 0.4) is 0 Å². The largest absolute Gasteiger partial charge is 0.359 e. The second kappa shape index (κ2) is 7.10. The third-order valence-corrected chi connectivity index (χ3v) is 0.510. The molecule has 2 N–H and O–H groups in total. The second-order valence-electron chi connectivity index (χ2n) is 1.14. The zero-order valence-electron chi connectivity index (χ0n) is 5.58. The van der Waals surface area contributed by atoms with E-state index >= 15 is 0 Å². The van der Waals surface area contributed by atoms with Crippen molar-refractivity contribution in [1.82, 2.24) is 0 Å². The van der Waals surface area contributed by atoms with Crippen molar-refractivity contribution in [2.24, 2.45) is 5.73 Å². The van der Waals surface area contributed by atoms with Gasteiger partial charge in [-0.1, -0.05) is 0 Å². The highest BCUT2D eigenvalue weighted by molar-refractivity contribution is 6.22. The zero-order chi connectivity index (χ0) is 7.66. The van der Waals surface area contributed by atoms with Crippen LogP contribution in [-0.2, 0) is 0 Å². The monoisotopic (exact) mass is 125 g/mol. The predicted molar refractivity (Wildman–Crippen MR) is 43.8 cm³/mol. The summed E-state index contributed by atoms with van der Waals surface area (Å²) in [6, 6.07) is 2.13. The Morgan fingerprint density at radius 2 is 1.30 bits per heavy atom. The smallest absolute Gasteiger partial charge is 0.196 e. The zero-order valence-corrected chi connectivity index (χ0v) is 5.58. The van der Waals surface area contributed by atoms with E-state index < -0.39 is 0 Å². The van der Waals surface area contributed by atoms with Crippen LogP contribution in [-0.4, -0.2) is 7.85 Å². The highest BCUT2D eigenvalue weighted by Crippen LogP contribution is 1.51. The molecule has 2 heteroatoms. The van der Waals surface area contributed by atoms with Crippen LogP contribution in [0.2, 0.25) is 0 Å². The molecule has 0 aromatic rings. The number of rotatable bonds is 0. The first kappa shape index (κ1) is 8.10. The molecule has 0 aromatic heterocycles. The fourth-order valence-corrected chi connectivity index (χ4v) is 0.224. The van der Waals surface area contributed by atoms with Crippen LogP contribution in [0.5, 0.6) is 0 Å². The molecule has 0 heterocycles. The van der Waals surface area contributed by atoms with Gasteiger partial charge >= 0.3 is 0 Å². The van der Waals surface area contributed by atoms with Crippen LogP contribution >= 0.6 is 0 Å². The summed E-state index contributed by atoms with van der Waals surface area (Å²) < 4.78 is 0. The van der Waals surface area contributed by atoms with Crippen molar-refractivity contribution in [3.05, 3.63) is 0 Å². The van der Waals surface area contributed by atoms with Crippen LogP contribution < -0.4 is 5.73 Å². The summed E-state index contributed by atoms with van der Waals surface area (Å²) in [6.45, 7) is 0. The molecule has 0 aromatic carbocycles. The molecule has 0 amide bonds. The maximum Gasteiger partial charge on any atom is 0.196 e. The van der Waals surface area contributed by atoms with Gasteiger partial charge in [-0.25, -0.2) is 0 Å². The summed E-state index contributed by atoms with van der Waals surface area (Å²) in [7, 11) is 1.71. The summed E-state index contributed by atoms with van der Waals surface area (Å²) in [4.78, 5) is 0. The van der Waals surface area contributed by atoms with Crippen LogP contribution in [0.4, 0.5) is 0 Å². The molecule has 0 bridgehead atoms. The molecule has 0 radical (unpaired) electrons. The Labute approximate surface area is 61.8 Å². The molecule has 0 saturated carbocycles. The van der Waals surface area contributed by atoms with Gasteiger partial charge in [0.1, 0.15) is 0 Å². The standard InChI is InChI=1S/C8H4BN/c9-7-5-3-1-2-4-6-8-10/h9-10H2. The molecule has 0 aliphatic rings. The first-order valence-corrected chi connectivity index (χ1v) is 2.54. The lowest BCUT2D eigenvalue weighted by Gasteiger charge is -1.54. The maximum absolute atomic E-state index is 4.83.